The zero-order chi connectivity index (χ0) is 14.5. The van der Waals surface area contributed by atoms with E-state index in [1.165, 1.54) is 23.5 Å². The van der Waals surface area contributed by atoms with Crippen LogP contribution in [0.5, 0.6) is 0 Å². The second kappa shape index (κ2) is 6.28. The van der Waals surface area contributed by atoms with Crippen LogP contribution >= 0.6 is 11.3 Å². The Hall–Kier alpha value is -2.53. The zero-order valence-corrected chi connectivity index (χ0v) is 11.8. The third kappa shape index (κ3) is 3.52. The van der Waals surface area contributed by atoms with Gasteiger partial charge in [0, 0.05) is 6.20 Å². The van der Waals surface area contributed by atoms with Gasteiger partial charge in [0.05, 0.1) is 11.1 Å². The Balaban J connectivity index is 1.66. The highest BCUT2D eigenvalue weighted by Gasteiger charge is 2.02. The molecule has 1 N–H and O–H groups in total. The van der Waals surface area contributed by atoms with Crippen LogP contribution in [0.4, 0.5) is 9.52 Å². The summed E-state index contributed by atoms with van der Waals surface area (Å²) in [6, 6.07) is 16.2. The molecule has 3 rings (SSSR count). The van der Waals surface area contributed by atoms with Crippen LogP contribution in [0.15, 0.2) is 65.9 Å². The Morgan fingerprint density at radius 3 is 2.57 bits per heavy atom. The lowest BCUT2D eigenvalue weighted by Gasteiger charge is -1.95. The molecule has 0 radical (unpaired) electrons. The van der Waals surface area contributed by atoms with Crippen molar-refractivity contribution < 1.29 is 4.39 Å². The van der Waals surface area contributed by atoms with E-state index in [2.05, 4.69) is 15.5 Å². The molecule has 0 aliphatic heterocycles. The van der Waals surface area contributed by atoms with Crippen molar-refractivity contribution in [1.82, 2.24) is 4.98 Å². The normalized spacial score (nSPS) is 10.9. The Morgan fingerprint density at radius 1 is 1.05 bits per heavy atom. The first-order valence-corrected chi connectivity index (χ1v) is 7.19. The molecule has 0 aliphatic rings. The predicted molar refractivity (Wildman–Crippen MR) is 85.2 cm³/mol. The SMILES string of the molecule is Fc1ccc(/C=N/Nc2ncc(-c3ccccc3)s2)cc1. The Kier molecular flexibility index (Phi) is 4.02. The summed E-state index contributed by atoms with van der Waals surface area (Å²) in [7, 11) is 0. The third-order valence-electron chi connectivity index (χ3n) is 2.81. The largest absolute Gasteiger partial charge is 0.253 e. The van der Waals surface area contributed by atoms with Crippen molar-refractivity contribution >= 4 is 22.7 Å². The van der Waals surface area contributed by atoms with Crippen molar-refractivity contribution in [3.05, 3.63) is 72.2 Å². The van der Waals surface area contributed by atoms with Crippen LogP contribution in [-0.4, -0.2) is 11.2 Å². The van der Waals surface area contributed by atoms with E-state index in [4.69, 9.17) is 0 Å². The summed E-state index contributed by atoms with van der Waals surface area (Å²) >= 11 is 1.53. The monoisotopic (exact) mass is 297 g/mol. The van der Waals surface area contributed by atoms with E-state index in [-0.39, 0.29) is 5.82 Å². The molecule has 0 fully saturated rings. The number of anilines is 1. The minimum atomic E-state index is -0.257. The molecule has 0 atom stereocenters. The quantitative estimate of drug-likeness (QED) is 0.572. The maximum absolute atomic E-state index is 12.8. The number of thiazole rings is 1. The van der Waals surface area contributed by atoms with E-state index in [1.54, 1.807) is 18.3 Å². The van der Waals surface area contributed by atoms with Crippen LogP contribution in [0.25, 0.3) is 10.4 Å². The summed E-state index contributed by atoms with van der Waals surface area (Å²) in [6.45, 7) is 0. The molecule has 1 heterocycles. The van der Waals surface area contributed by atoms with Gasteiger partial charge in [0.1, 0.15) is 5.82 Å². The van der Waals surface area contributed by atoms with Crippen LogP contribution in [0, 0.1) is 5.82 Å². The summed E-state index contributed by atoms with van der Waals surface area (Å²) in [4.78, 5) is 5.35. The first kappa shape index (κ1) is 13.5. The molecule has 0 unspecified atom stereocenters. The number of hydrogen-bond donors (Lipinski definition) is 1. The summed E-state index contributed by atoms with van der Waals surface area (Å²) in [5.74, 6) is -0.257. The van der Waals surface area contributed by atoms with Gasteiger partial charge in [-0.05, 0) is 23.3 Å². The second-order valence-corrected chi connectivity index (χ2v) is 5.35. The summed E-state index contributed by atoms with van der Waals surface area (Å²) in [5.41, 5.74) is 4.83. The predicted octanol–water partition coefficient (Wildman–Crippen LogP) is 4.40. The fourth-order valence-electron chi connectivity index (χ4n) is 1.77. The van der Waals surface area contributed by atoms with Gasteiger partial charge in [0.15, 0.2) is 0 Å². The molecule has 1 aromatic heterocycles. The molecule has 0 aliphatic carbocycles. The van der Waals surface area contributed by atoms with E-state index < -0.39 is 0 Å². The number of hydrogen-bond acceptors (Lipinski definition) is 4. The molecule has 104 valence electrons. The highest BCUT2D eigenvalue weighted by molar-refractivity contribution is 7.18. The van der Waals surface area contributed by atoms with Gasteiger partial charge in [-0.25, -0.2) is 9.37 Å². The van der Waals surface area contributed by atoms with E-state index in [1.807, 2.05) is 36.5 Å². The number of nitrogens with one attached hydrogen (secondary N) is 1. The maximum Gasteiger partial charge on any atom is 0.203 e. The van der Waals surface area contributed by atoms with E-state index in [9.17, 15) is 4.39 Å². The molecule has 3 aromatic rings. The molecule has 0 bridgehead atoms. The lowest BCUT2D eigenvalue weighted by molar-refractivity contribution is 0.628. The smallest absolute Gasteiger partial charge is 0.203 e. The van der Waals surface area contributed by atoms with Crippen LogP contribution in [0.3, 0.4) is 0 Å². The number of halogens is 1. The summed E-state index contributed by atoms with van der Waals surface area (Å²) < 4.78 is 12.8. The average molecular weight is 297 g/mol. The second-order valence-electron chi connectivity index (χ2n) is 4.32. The van der Waals surface area contributed by atoms with E-state index in [0.29, 0.717) is 5.13 Å². The lowest BCUT2D eigenvalue weighted by Crippen LogP contribution is -1.89. The van der Waals surface area contributed by atoms with Crippen molar-refractivity contribution in [2.75, 3.05) is 5.43 Å². The zero-order valence-electron chi connectivity index (χ0n) is 11.0. The van der Waals surface area contributed by atoms with E-state index >= 15 is 0 Å². The van der Waals surface area contributed by atoms with Crippen molar-refractivity contribution in [2.45, 2.75) is 0 Å². The Bertz CT molecular complexity index is 736. The van der Waals surface area contributed by atoms with Gasteiger partial charge in [-0.2, -0.15) is 5.10 Å². The van der Waals surface area contributed by atoms with Crippen molar-refractivity contribution in [1.29, 1.82) is 0 Å². The molecule has 21 heavy (non-hydrogen) atoms. The van der Waals surface area contributed by atoms with Gasteiger partial charge in [-0.1, -0.05) is 53.8 Å². The average Bonchev–Trinajstić information content (AvgIpc) is 2.99. The fourth-order valence-corrected chi connectivity index (χ4v) is 2.54. The lowest BCUT2D eigenvalue weighted by atomic mass is 10.2. The topological polar surface area (TPSA) is 37.3 Å². The standard InChI is InChI=1S/C16H12FN3S/c17-14-8-6-12(7-9-14)10-19-20-16-18-11-15(21-16)13-4-2-1-3-5-13/h1-11H,(H,18,20)/b19-10+. The minimum Gasteiger partial charge on any atom is -0.253 e. The molecular weight excluding hydrogens is 285 g/mol. The highest BCUT2D eigenvalue weighted by Crippen LogP contribution is 2.28. The highest BCUT2D eigenvalue weighted by atomic mass is 32.1. The molecule has 0 amide bonds. The number of nitrogens with zero attached hydrogens (tertiary/aromatic N) is 2. The van der Waals surface area contributed by atoms with Crippen molar-refractivity contribution in [3.8, 4) is 10.4 Å². The van der Waals surface area contributed by atoms with Gasteiger partial charge in [0.25, 0.3) is 0 Å². The molecule has 3 nitrogen and oxygen atoms in total. The molecular formula is C16H12FN3S. The van der Waals surface area contributed by atoms with Gasteiger partial charge in [-0.3, -0.25) is 5.43 Å². The first-order valence-electron chi connectivity index (χ1n) is 6.37. The molecule has 0 spiro atoms. The molecule has 0 saturated heterocycles. The number of aromatic nitrogens is 1. The Morgan fingerprint density at radius 2 is 1.81 bits per heavy atom. The van der Waals surface area contributed by atoms with Crippen LogP contribution in [0.1, 0.15) is 5.56 Å². The van der Waals surface area contributed by atoms with Gasteiger partial charge < -0.3 is 0 Å². The number of rotatable bonds is 4. The minimum absolute atomic E-state index is 0.257. The maximum atomic E-state index is 12.8. The van der Waals surface area contributed by atoms with Crippen LogP contribution in [-0.2, 0) is 0 Å². The Labute approximate surface area is 125 Å². The number of benzene rings is 2. The molecule has 0 saturated carbocycles. The summed E-state index contributed by atoms with van der Waals surface area (Å²) in [5, 5.41) is 4.81. The molecule has 2 aromatic carbocycles. The fraction of sp³-hybridized carbons (Fsp3) is 0. The molecule has 5 heteroatoms. The van der Waals surface area contributed by atoms with Crippen LogP contribution in [0.2, 0.25) is 0 Å². The van der Waals surface area contributed by atoms with Crippen molar-refractivity contribution in [2.24, 2.45) is 5.10 Å². The van der Waals surface area contributed by atoms with Crippen molar-refractivity contribution in [3.63, 3.8) is 0 Å². The van der Waals surface area contributed by atoms with Crippen LogP contribution < -0.4 is 5.43 Å². The number of hydrazone groups is 1. The summed E-state index contributed by atoms with van der Waals surface area (Å²) in [6.07, 6.45) is 3.44. The van der Waals surface area contributed by atoms with E-state index in [0.717, 1.165) is 16.0 Å². The first-order chi connectivity index (χ1) is 10.3. The van der Waals surface area contributed by atoms with Gasteiger partial charge in [-0.15, -0.1) is 0 Å². The third-order valence-corrected chi connectivity index (χ3v) is 3.76. The van der Waals surface area contributed by atoms with Gasteiger partial charge >= 0.3 is 0 Å². The van der Waals surface area contributed by atoms with Gasteiger partial charge in [0.2, 0.25) is 5.13 Å².